The Morgan fingerprint density at radius 1 is 1.28 bits per heavy atom. The predicted octanol–water partition coefficient (Wildman–Crippen LogP) is 3.53. The average molecular weight is 557 g/mol. The third-order valence-electron chi connectivity index (χ3n) is 7.14. The van der Waals surface area contributed by atoms with Crippen LogP contribution in [0.2, 0.25) is 5.02 Å². The molecule has 0 spiro atoms. The minimum atomic E-state index is -0.408. The van der Waals surface area contributed by atoms with Gasteiger partial charge in [0.05, 0.1) is 22.2 Å². The Labute approximate surface area is 235 Å². The van der Waals surface area contributed by atoms with E-state index in [1.165, 1.54) is 38.3 Å². The second-order valence-corrected chi connectivity index (χ2v) is 10.6. The molecule has 11 nitrogen and oxygen atoms in total. The van der Waals surface area contributed by atoms with Crippen LogP contribution in [0.25, 0.3) is 11.3 Å². The van der Waals surface area contributed by atoms with E-state index in [2.05, 4.69) is 44.1 Å². The molecular weight excluding hydrogens is 516 g/mol. The number of pyridine rings is 2. The van der Waals surface area contributed by atoms with Gasteiger partial charge in [0, 0.05) is 50.0 Å². The Bertz CT molecular complexity index is 1110. The average Bonchev–Trinajstić information content (AvgIpc) is 2.97. The summed E-state index contributed by atoms with van der Waals surface area (Å²) in [6.07, 6.45) is 10.4. The molecule has 1 aliphatic heterocycles. The van der Waals surface area contributed by atoms with Crippen molar-refractivity contribution in [3.05, 3.63) is 35.5 Å². The lowest BCUT2D eigenvalue weighted by molar-refractivity contribution is 0.0455. The van der Waals surface area contributed by atoms with Crippen LogP contribution < -0.4 is 33.5 Å². The molecule has 4 rings (SSSR count). The summed E-state index contributed by atoms with van der Waals surface area (Å²) in [6, 6.07) is 10.8. The summed E-state index contributed by atoms with van der Waals surface area (Å²) < 4.78 is 5.35. The van der Waals surface area contributed by atoms with Gasteiger partial charge in [-0.05, 0) is 50.8 Å². The Kier molecular flexibility index (Phi) is 12.0. The van der Waals surface area contributed by atoms with Gasteiger partial charge in [-0.25, -0.2) is 15.8 Å². The number of rotatable bonds is 8. The number of hydrogen-bond donors (Lipinski definition) is 6. The molecule has 2 fully saturated rings. The van der Waals surface area contributed by atoms with Crippen LogP contribution in [-0.2, 0) is 4.74 Å². The fourth-order valence-electron chi connectivity index (χ4n) is 4.85. The molecule has 1 unspecified atom stereocenters. The third-order valence-corrected chi connectivity index (χ3v) is 7.45. The number of nitrogens with zero attached hydrogens (tertiary/aromatic N) is 4. The molecular formula is C27H41ClN10O. The number of nitrogens with one attached hydrogen (secondary N) is 3. The first-order valence-corrected chi connectivity index (χ1v) is 13.9. The van der Waals surface area contributed by atoms with Crippen molar-refractivity contribution >= 4 is 29.1 Å². The Morgan fingerprint density at radius 3 is 2.69 bits per heavy atom. The number of nitrogen functional groups attached to an aromatic ring is 1. The van der Waals surface area contributed by atoms with E-state index in [1.807, 2.05) is 18.2 Å². The first kappa shape index (κ1) is 30.4. The molecule has 212 valence electrons. The quantitative estimate of drug-likeness (QED) is 0.121. The highest BCUT2D eigenvalue weighted by Gasteiger charge is 2.32. The number of halogens is 1. The van der Waals surface area contributed by atoms with Crippen LogP contribution in [0.4, 0.5) is 11.6 Å². The van der Waals surface area contributed by atoms with Crippen LogP contribution in [0.15, 0.2) is 35.6 Å². The zero-order valence-electron chi connectivity index (χ0n) is 22.6. The standard InChI is InChI=1S/C17H18ClN5O.C10H23N5/c18-13-9-21-15(20)8-12(13)14-2-1-3-16(23-14)22-11-17(10-19)4-6-24-7-5-17;1-8(7-10(14-11)15-12)13-9-5-3-2-4-6-9/h1-3,8-9H,4-7,11H2,(H2,20,21)(H,22,23);8-9,13H,2-7,11-12H2,1H3,(H,14,15). The molecule has 1 saturated heterocycles. The van der Waals surface area contributed by atoms with Gasteiger partial charge in [-0.1, -0.05) is 36.9 Å². The highest BCUT2D eigenvalue weighted by Crippen LogP contribution is 2.31. The molecule has 2 aromatic rings. The lowest BCUT2D eigenvalue weighted by Gasteiger charge is -2.30. The lowest BCUT2D eigenvalue weighted by Crippen LogP contribution is -2.42. The van der Waals surface area contributed by atoms with Crippen LogP contribution in [0.5, 0.6) is 0 Å². The number of nitrogens with two attached hydrogens (primary N) is 3. The zero-order chi connectivity index (χ0) is 28.1. The van der Waals surface area contributed by atoms with Crippen LogP contribution in [0.3, 0.4) is 0 Å². The maximum absolute atomic E-state index is 9.51. The van der Waals surface area contributed by atoms with Crippen molar-refractivity contribution in [2.45, 2.75) is 70.4 Å². The van der Waals surface area contributed by atoms with Gasteiger partial charge in [-0.3, -0.25) is 0 Å². The predicted molar refractivity (Wildman–Crippen MR) is 157 cm³/mol. The van der Waals surface area contributed by atoms with Crippen molar-refractivity contribution in [1.82, 2.24) is 20.7 Å². The van der Waals surface area contributed by atoms with Crippen molar-refractivity contribution in [3.63, 3.8) is 0 Å². The maximum atomic E-state index is 9.51. The summed E-state index contributed by atoms with van der Waals surface area (Å²) >= 11 is 6.19. The van der Waals surface area contributed by atoms with Crippen molar-refractivity contribution in [2.75, 3.05) is 30.8 Å². The summed E-state index contributed by atoms with van der Waals surface area (Å²) in [5, 5.41) is 20.4. The molecule has 39 heavy (non-hydrogen) atoms. The number of nitriles is 1. The van der Waals surface area contributed by atoms with E-state index < -0.39 is 5.41 Å². The number of hydrazine groups is 1. The second kappa shape index (κ2) is 15.4. The van der Waals surface area contributed by atoms with E-state index >= 15 is 0 Å². The number of anilines is 2. The smallest absolute Gasteiger partial charge is 0.137 e. The van der Waals surface area contributed by atoms with Gasteiger partial charge in [-0.2, -0.15) is 10.4 Å². The Hall–Kier alpha value is -3.17. The summed E-state index contributed by atoms with van der Waals surface area (Å²) in [6.45, 7) is 3.91. The van der Waals surface area contributed by atoms with Crippen molar-refractivity contribution in [1.29, 1.82) is 5.26 Å². The Balaban J connectivity index is 0.000000242. The highest BCUT2D eigenvalue weighted by molar-refractivity contribution is 6.33. The number of hydrazone groups is 1. The number of hydrogen-bond acceptors (Lipinski definition) is 10. The fraction of sp³-hybridized carbons (Fsp3) is 0.556. The van der Waals surface area contributed by atoms with Crippen LogP contribution >= 0.6 is 11.6 Å². The number of ether oxygens (including phenoxy) is 1. The summed E-state index contributed by atoms with van der Waals surface area (Å²) in [4.78, 5) is 8.53. The van der Waals surface area contributed by atoms with Gasteiger partial charge < -0.3 is 32.4 Å². The summed E-state index contributed by atoms with van der Waals surface area (Å²) in [5.41, 5.74) is 9.27. The summed E-state index contributed by atoms with van der Waals surface area (Å²) in [7, 11) is 0. The number of aromatic nitrogens is 2. The SMILES string of the molecule is CC(C/C(=N/N)NN)NC1CCCCC1.N#CC1(CNc2cccc(-c3cc(N)ncc3Cl)n2)CCOCC1. The molecule has 0 aromatic carbocycles. The topological polar surface area (TPSA) is 185 Å². The first-order chi connectivity index (χ1) is 18.9. The molecule has 3 heterocycles. The largest absolute Gasteiger partial charge is 0.384 e. The molecule has 2 aliphatic rings. The Morgan fingerprint density at radius 2 is 2.03 bits per heavy atom. The molecule has 1 atom stereocenters. The molecule has 12 heteroatoms. The second-order valence-electron chi connectivity index (χ2n) is 10.2. The molecule has 1 aliphatic carbocycles. The minimum Gasteiger partial charge on any atom is -0.384 e. The fourth-order valence-corrected chi connectivity index (χ4v) is 5.05. The molecule has 2 aromatic heterocycles. The molecule has 0 radical (unpaired) electrons. The first-order valence-electron chi connectivity index (χ1n) is 13.5. The van der Waals surface area contributed by atoms with E-state index in [1.54, 1.807) is 6.07 Å². The van der Waals surface area contributed by atoms with E-state index in [0.29, 0.717) is 60.0 Å². The van der Waals surface area contributed by atoms with Gasteiger partial charge in [0.1, 0.15) is 17.5 Å². The van der Waals surface area contributed by atoms with Gasteiger partial charge >= 0.3 is 0 Å². The van der Waals surface area contributed by atoms with E-state index in [0.717, 1.165) is 24.8 Å². The maximum Gasteiger partial charge on any atom is 0.137 e. The minimum absolute atomic E-state index is 0.367. The van der Waals surface area contributed by atoms with Gasteiger partial charge in [0.25, 0.3) is 0 Å². The van der Waals surface area contributed by atoms with Gasteiger partial charge in [-0.15, -0.1) is 0 Å². The molecule has 0 amide bonds. The molecule has 9 N–H and O–H groups in total. The zero-order valence-corrected chi connectivity index (χ0v) is 23.4. The normalized spacial score (nSPS) is 18.3. The monoisotopic (exact) mass is 556 g/mol. The molecule has 0 bridgehead atoms. The van der Waals surface area contributed by atoms with Crippen LogP contribution in [0.1, 0.15) is 58.3 Å². The van der Waals surface area contributed by atoms with Crippen molar-refractivity contribution < 1.29 is 4.74 Å². The van der Waals surface area contributed by atoms with E-state index in [-0.39, 0.29) is 0 Å². The van der Waals surface area contributed by atoms with E-state index in [4.69, 9.17) is 33.8 Å². The number of amidine groups is 1. The van der Waals surface area contributed by atoms with Gasteiger partial charge in [0.2, 0.25) is 0 Å². The van der Waals surface area contributed by atoms with Crippen molar-refractivity contribution in [2.24, 2.45) is 22.2 Å². The van der Waals surface area contributed by atoms with Crippen LogP contribution in [-0.4, -0.2) is 47.6 Å². The lowest BCUT2D eigenvalue weighted by atomic mass is 9.82. The molecule has 1 saturated carbocycles. The third kappa shape index (κ3) is 9.51. The summed E-state index contributed by atoms with van der Waals surface area (Å²) in [5.74, 6) is 12.2. The van der Waals surface area contributed by atoms with E-state index in [9.17, 15) is 5.26 Å². The van der Waals surface area contributed by atoms with Gasteiger partial charge in [0.15, 0.2) is 0 Å². The van der Waals surface area contributed by atoms with Crippen LogP contribution in [0, 0.1) is 16.7 Å². The highest BCUT2D eigenvalue weighted by atomic mass is 35.5. The van der Waals surface area contributed by atoms with Crippen molar-refractivity contribution in [3.8, 4) is 17.3 Å².